The van der Waals surface area contributed by atoms with E-state index in [0.717, 1.165) is 35.2 Å². The number of pyridine rings is 1. The minimum atomic E-state index is -0.700. The van der Waals surface area contributed by atoms with Crippen molar-refractivity contribution in [2.75, 3.05) is 0 Å². The molecule has 4 nitrogen and oxygen atoms in total. The van der Waals surface area contributed by atoms with Crippen molar-refractivity contribution in [3.05, 3.63) is 24.5 Å². The van der Waals surface area contributed by atoms with Crippen molar-refractivity contribution in [2.45, 2.75) is 29.4 Å². The van der Waals surface area contributed by atoms with Crippen molar-refractivity contribution in [2.24, 2.45) is 13.0 Å². The summed E-state index contributed by atoms with van der Waals surface area (Å²) >= 11 is 1.47. The molecule has 2 aromatic rings. The summed E-state index contributed by atoms with van der Waals surface area (Å²) in [4.78, 5) is 16.8. The summed E-state index contributed by atoms with van der Waals surface area (Å²) < 4.78 is 2.00. The molecular formula is C14H16N2O2S. The molecule has 1 atom stereocenters. The van der Waals surface area contributed by atoms with Gasteiger partial charge in [0.05, 0.1) is 11.0 Å². The highest BCUT2D eigenvalue weighted by Crippen LogP contribution is 2.40. The van der Waals surface area contributed by atoms with Gasteiger partial charge >= 0.3 is 5.97 Å². The molecule has 19 heavy (non-hydrogen) atoms. The topological polar surface area (TPSA) is 55.1 Å². The van der Waals surface area contributed by atoms with E-state index in [1.165, 1.54) is 11.8 Å². The second kappa shape index (κ2) is 4.89. The Kier molecular flexibility index (Phi) is 3.22. The van der Waals surface area contributed by atoms with Gasteiger partial charge in [-0.2, -0.15) is 0 Å². The quantitative estimate of drug-likeness (QED) is 0.872. The Morgan fingerprint density at radius 3 is 2.95 bits per heavy atom. The molecule has 0 radical (unpaired) electrons. The highest BCUT2D eigenvalue weighted by molar-refractivity contribution is 8.00. The smallest absolute Gasteiger partial charge is 0.317 e. The Morgan fingerprint density at radius 1 is 1.53 bits per heavy atom. The maximum Gasteiger partial charge on any atom is 0.317 e. The van der Waals surface area contributed by atoms with E-state index >= 15 is 0 Å². The van der Waals surface area contributed by atoms with E-state index in [9.17, 15) is 9.90 Å². The Labute approximate surface area is 115 Å². The zero-order valence-corrected chi connectivity index (χ0v) is 11.6. The maximum absolute atomic E-state index is 11.5. The van der Waals surface area contributed by atoms with Gasteiger partial charge in [-0.25, -0.2) is 0 Å². The van der Waals surface area contributed by atoms with Crippen molar-refractivity contribution in [1.29, 1.82) is 0 Å². The first-order valence-corrected chi connectivity index (χ1v) is 7.34. The highest BCUT2D eigenvalue weighted by atomic mass is 32.2. The van der Waals surface area contributed by atoms with Gasteiger partial charge in [0.1, 0.15) is 5.25 Å². The monoisotopic (exact) mass is 276 g/mol. The molecule has 1 N–H and O–H groups in total. The standard InChI is InChI=1S/C14H16N2O2S/c1-16-8-6-10-12(16)11(5-7-15-10)19-13(14(17)18)9-3-2-4-9/h5-9,13H,2-4H2,1H3,(H,17,18). The molecule has 0 aliphatic heterocycles. The van der Waals surface area contributed by atoms with Crippen LogP contribution in [0.5, 0.6) is 0 Å². The number of nitrogens with zero attached hydrogens (tertiary/aromatic N) is 2. The fourth-order valence-corrected chi connectivity index (χ4v) is 3.85. The van der Waals surface area contributed by atoms with Crippen molar-refractivity contribution in [1.82, 2.24) is 9.55 Å². The summed E-state index contributed by atoms with van der Waals surface area (Å²) in [6.45, 7) is 0. The number of fused-ring (bicyclic) bond motifs is 1. The number of aryl methyl sites for hydroxylation is 1. The fourth-order valence-electron chi connectivity index (χ4n) is 2.51. The van der Waals surface area contributed by atoms with Gasteiger partial charge in [0, 0.05) is 24.3 Å². The number of rotatable bonds is 4. The van der Waals surface area contributed by atoms with Gasteiger partial charge in [-0.05, 0) is 30.9 Å². The zero-order valence-electron chi connectivity index (χ0n) is 10.7. The van der Waals surface area contributed by atoms with Gasteiger partial charge in [-0.15, -0.1) is 11.8 Å². The lowest BCUT2D eigenvalue weighted by Gasteiger charge is -2.30. The van der Waals surface area contributed by atoms with Gasteiger partial charge in [0.15, 0.2) is 0 Å². The van der Waals surface area contributed by atoms with Crippen LogP contribution in [0, 0.1) is 5.92 Å². The van der Waals surface area contributed by atoms with E-state index in [0.29, 0.717) is 5.92 Å². The molecule has 1 saturated carbocycles. The van der Waals surface area contributed by atoms with Gasteiger partial charge in [0.2, 0.25) is 0 Å². The summed E-state index contributed by atoms with van der Waals surface area (Å²) in [5.74, 6) is -0.389. The average Bonchev–Trinajstić information content (AvgIpc) is 2.69. The van der Waals surface area contributed by atoms with Crippen LogP contribution in [0.1, 0.15) is 19.3 Å². The van der Waals surface area contributed by atoms with Crippen LogP contribution in [0.25, 0.3) is 11.0 Å². The number of carbonyl (C=O) groups is 1. The molecule has 5 heteroatoms. The van der Waals surface area contributed by atoms with E-state index in [-0.39, 0.29) is 5.25 Å². The van der Waals surface area contributed by atoms with Crippen molar-refractivity contribution < 1.29 is 9.90 Å². The molecule has 3 rings (SSSR count). The summed E-state index contributed by atoms with van der Waals surface area (Å²) in [5, 5.41) is 9.08. The minimum Gasteiger partial charge on any atom is -0.480 e. The third-order valence-corrected chi connectivity index (χ3v) is 5.22. The average molecular weight is 276 g/mol. The summed E-state index contributed by atoms with van der Waals surface area (Å²) in [6, 6.07) is 3.88. The molecular weight excluding hydrogens is 260 g/mol. The predicted octanol–water partition coefficient (Wildman–Crippen LogP) is 2.92. The van der Waals surface area contributed by atoms with E-state index in [4.69, 9.17) is 0 Å². The molecule has 1 unspecified atom stereocenters. The van der Waals surface area contributed by atoms with Crippen molar-refractivity contribution in [3.8, 4) is 0 Å². The SMILES string of the molecule is Cn1ccc2nccc(SC(C(=O)O)C3CCC3)c21. The van der Waals surface area contributed by atoms with E-state index in [1.54, 1.807) is 6.20 Å². The minimum absolute atomic E-state index is 0.311. The van der Waals surface area contributed by atoms with Crippen molar-refractivity contribution >= 4 is 28.8 Å². The molecule has 1 aliphatic carbocycles. The van der Waals surface area contributed by atoms with Crippen LogP contribution >= 0.6 is 11.8 Å². The van der Waals surface area contributed by atoms with Crippen molar-refractivity contribution in [3.63, 3.8) is 0 Å². The predicted molar refractivity (Wildman–Crippen MR) is 75.3 cm³/mol. The summed E-state index contributed by atoms with van der Waals surface area (Å²) in [5.41, 5.74) is 1.95. The van der Waals surface area contributed by atoms with Gasteiger partial charge in [-0.3, -0.25) is 9.78 Å². The Morgan fingerprint density at radius 2 is 2.32 bits per heavy atom. The Hall–Kier alpha value is -1.49. The molecule has 0 saturated heterocycles. The van der Waals surface area contributed by atoms with Gasteiger partial charge in [0.25, 0.3) is 0 Å². The number of thioether (sulfide) groups is 1. The van der Waals surface area contributed by atoms with E-state index in [1.807, 2.05) is 29.9 Å². The molecule has 0 aromatic carbocycles. The fraction of sp³-hybridized carbons (Fsp3) is 0.429. The number of carboxylic acid groups (broad SMARTS) is 1. The van der Waals surface area contributed by atoms with Crippen LogP contribution in [0.2, 0.25) is 0 Å². The molecule has 2 aromatic heterocycles. The van der Waals surface area contributed by atoms with Crippen LogP contribution < -0.4 is 0 Å². The number of aromatic nitrogens is 2. The van der Waals surface area contributed by atoms with Gasteiger partial charge in [-0.1, -0.05) is 6.42 Å². The molecule has 2 heterocycles. The molecule has 1 aliphatic rings. The lowest BCUT2D eigenvalue weighted by molar-refractivity contribution is -0.138. The third-order valence-electron chi connectivity index (χ3n) is 3.80. The lowest BCUT2D eigenvalue weighted by Crippen LogP contribution is -2.31. The lowest BCUT2D eigenvalue weighted by atomic mass is 9.83. The summed E-state index contributed by atoms with van der Waals surface area (Å²) in [6.07, 6.45) is 6.94. The molecule has 1 fully saturated rings. The maximum atomic E-state index is 11.5. The Bertz CT molecular complexity index is 619. The van der Waals surface area contributed by atoms with Crippen LogP contribution in [-0.4, -0.2) is 25.9 Å². The first-order chi connectivity index (χ1) is 9.16. The molecule has 0 bridgehead atoms. The Balaban J connectivity index is 1.95. The molecule has 0 amide bonds. The summed E-state index contributed by atoms with van der Waals surface area (Å²) in [7, 11) is 1.97. The van der Waals surface area contributed by atoms with Crippen LogP contribution in [-0.2, 0) is 11.8 Å². The molecule has 100 valence electrons. The largest absolute Gasteiger partial charge is 0.480 e. The second-order valence-electron chi connectivity index (χ2n) is 5.04. The second-order valence-corrected chi connectivity index (χ2v) is 6.22. The third kappa shape index (κ3) is 2.23. The first kappa shape index (κ1) is 12.5. The number of carboxylic acids is 1. The zero-order chi connectivity index (χ0) is 13.4. The number of hydrogen-bond acceptors (Lipinski definition) is 3. The van der Waals surface area contributed by atoms with Crippen LogP contribution in [0.3, 0.4) is 0 Å². The van der Waals surface area contributed by atoms with Gasteiger partial charge < -0.3 is 9.67 Å². The van der Waals surface area contributed by atoms with E-state index < -0.39 is 5.97 Å². The van der Waals surface area contributed by atoms with E-state index in [2.05, 4.69) is 4.98 Å². The highest BCUT2D eigenvalue weighted by Gasteiger charge is 2.33. The normalized spacial score (nSPS) is 17.3. The number of aliphatic carboxylic acids is 1. The van der Waals surface area contributed by atoms with Crippen LogP contribution in [0.4, 0.5) is 0 Å². The molecule has 0 spiro atoms. The van der Waals surface area contributed by atoms with Crippen LogP contribution in [0.15, 0.2) is 29.4 Å². The number of hydrogen-bond donors (Lipinski definition) is 1. The first-order valence-electron chi connectivity index (χ1n) is 6.46.